The number of aryl methyl sites for hydroxylation is 1. The van der Waals surface area contributed by atoms with Crippen LogP contribution in [0, 0.1) is 12.7 Å². The third-order valence-electron chi connectivity index (χ3n) is 4.10. The lowest BCUT2D eigenvalue weighted by Crippen LogP contribution is -2.24. The molecule has 0 aliphatic rings. The van der Waals surface area contributed by atoms with Crippen LogP contribution >= 0.6 is 0 Å². The molecular weight excluding hydrogens is 343 g/mol. The summed E-state index contributed by atoms with van der Waals surface area (Å²) >= 11 is 0. The molecule has 0 bridgehead atoms. The zero-order chi connectivity index (χ0) is 19.2. The minimum atomic E-state index is -0.325. The Bertz CT molecular complexity index is 951. The van der Waals surface area contributed by atoms with E-state index in [1.807, 2.05) is 19.1 Å². The summed E-state index contributed by atoms with van der Waals surface area (Å²) in [6, 6.07) is 19.9. The van der Waals surface area contributed by atoms with Crippen LogP contribution in [-0.2, 0) is 6.54 Å². The highest BCUT2D eigenvalue weighted by Gasteiger charge is 2.14. The molecule has 27 heavy (non-hydrogen) atoms. The summed E-state index contributed by atoms with van der Waals surface area (Å²) in [5.74, 6) is -0.929. The minimum Gasteiger partial charge on any atom is -0.348 e. The predicted octanol–water partition coefficient (Wildman–Crippen LogP) is 4.32. The van der Waals surface area contributed by atoms with Crippen molar-refractivity contribution in [3.8, 4) is 0 Å². The average molecular weight is 362 g/mol. The molecule has 0 aliphatic carbocycles. The summed E-state index contributed by atoms with van der Waals surface area (Å²) in [5.41, 5.74) is 3.15. The van der Waals surface area contributed by atoms with Gasteiger partial charge < -0.3 is 10.6 Å². The molecule has 0 fully saturated rings. The fourth-order valence-corrected chi connectivity index (χ4v) is 2.57. The molecule has 0 saturated carbocycles. The molecular formula is C22H19FN2O2. The summed E-state index contributed by atoms with van der Waals surface area (Å²) in [4.78, 5) is 25.0. The van der Waals surface area contributed by atoms with E-state index in [1.165, 1.54) is 12.1 Å². The van der Waals surface area contributed by atoms with Crippen LogP contribution in [0.1, 0.15) is 31.8 Å². The number of hydrogen-bond donors (Lipinski definition) is 2. The van der Waals surface area contributed by atoms with Gasteiger partial charge in [0, 0.05) is 12.1 Å². The molecule has 0 spiro atoms. The summed E-state index contributed by atoms with van der Waals surface area (Å²) in [6.07, 6.45) is 0. The second-order valence-corrected chi connectivity index (χ2v) is 6.17. The van der Waals surface area contributed by atoms with Gasteiger partial charge in [0.2, 0.25) is 0 Å². The minimum absolute atomic E-state index is 0.263. The van der Waals surface area contributed by atoms with Gasteiger partial charge in [-0.2, -0.15) is 0 Å². The maximum atomic E-state index is 13.0. The first-order valence-corrected chi connectivity index (χ1v) is 8.52. The van der Waals surface area contributed by atoms with Crippen molar-refractivity contribution in [2.24, 2.45) is 0 Å². The summed E-state index contributed by atoms with van der Waals surface area (Å²) < 4.78 is 13.0. The number of rotatable bonds is 5. The van der Waals surface area contributed by atoms with Gasteiger partial charge >= 0.3 is 0 Å². The predicted molar refractivity (Wildman–Crippen MR) is 103 cm³/mol. The Morgan fingerprint density at radius 3 is 2.22 bits per heavy atom. The first kappa shape index (κ1) is 18.3. The molecule has 3 rings (SSSR count). The van der Waals surface area contributed by atoms with Gasteiger partial charge in [0.25, 0.3) is 11.8 Å². The smallest absolute Gasteiger partial charge is 0.255 e. The highest BCUT2D eigenvalue weighted by Crippen LogP contribution is 2.17. The third kappa shape index (κ3) is 4.79. The van der Waals surface area contributed by atoms with Gasteiger partial charge in [-0.15, -0.1) is 0 Å². The van der Waals surface area contributed by atoms with Crippen molar-refractivity contribution < 1.29 is 14.0 Å². The zero-order valence-electron chi connectivity index (χ0n) is 14.8. The number of para-hydroxylation sites is 1. The molecule has 5 heteroatoms. The Morgan fingerprint density at radius 2 is 1.52 bits per heavy atom. The highest BCUT2D eigenvalue weighted by atomic mass is 19.1. The number of hydrogen-bond acceptors (Lipinski definition) is 2. The summed E-state index contributed by atoms with van der Waals surface area (Å²) in [7, 11) is 0. The number of anilines is 1. The average Bonchev–Trinajstić information content (AvgIpc) is 2.68. The van der Waals surface area contributed by atoms with E-state index >= 15 is 0 Å². The van der Waals surface area contributed by atoms with Crippen LogP contribution in [0.3, 0.4) is 0 Å². The van der Waals surface area contributed by atoms with Gasteiger partial charge in [-0.05, 0) is 48.9 Å². The van der Waals surface area contributed by atoms with Crippen LogP contribution in [0.15, 0.2) is 72.8 Å². The van der Waals surface area contributed by atoms with Gasteiger partial charge in [-0.25, -0.2) is 4.39 Å². The second-order valence-electron chi connectivity index (χ2n) is 6.17. The van der Waals surface area contributed by atoms with E-state index in [-0.39, 0.29) is 24.2 Å². The number of nitrogens with one attached hydrogen (secondary N) is 2. The molecule has 4 nitrogen and oxygen atoms in total. The monoisotopic (exact) mass is 362 g/mol. The van der Waals surface area contributed by atoms with E-state index in [9.17, 15) is 14.0 Å². The number of benzene rings is 3. The van der Waals surface area contributed by atoms with Crippen molar-refractivity contribution >= 4 is 17.5 Å². The van der Waals surface area contributed by atoms with Gasteiger partial charge in [-0.1, -0.05) is 42.0 Å². The third-order valence-corrected chi connectivity index (χ3v) is 4.10. The van der Waals surface area contributed by atoms with E-state index in [2.05, 4.69) is 10.6 Å². The lowest BCUT2D eigenvalue weighted by Gasteiger charge is -2.12. The molecule has 3 aromatic rings. The van der Waals surface area contributed by atoms with Crippen LogP contribution in [-0.4, -0.2) is 11.8 Å². The van der Waals surface area contributed by atoms with Crippen LogP contribution in [0.5, 0.6) is 0 Å². The Morgan fingerprint density at radius 1 is 0.852 bits per heavy atom. The fourth-order valence-electron chi connectivity index (χ4n) is 2.57. The molecule has 0 atom stereocenters. The lowest BCUT2D eigenvalue weighted by molar-refractivity contribution is 0.0952. The number of carbonyl (C=O) groups is 2. The summed E-state index contributed by atoms with van der Waals surface area (Å²) in [6.45, 7) is 2.21. The van der Waals surface area contributed by atoms with Crippen LogP contribution in [0.2, 0.25) is 0 Å². The Balaban J connectivity index is 1.70. The molecule has 0 heterocycles. The first-order valence-electron chi connectivity index (χ1n) is 8.52. The van der Waals surface area contributed by atoms with Crippen LogP contribution in [0.25, 0.3) is 0 Å². The fraction of sp³-hybridized carbons (Fsp3) is 0.0909. The first-order chi connectivity index (χ1) is 13.0. The summed E-state index contributed by atoms with van der Waals surface area (Å²) in [5, 5.41) is 5.57. The Hall–Kier alpha value is -3.47. The number of halogens is 1. The lowest BCUT2D eigenvalue weighted by atomic mass is 10.1. The molecule has 136 valence electrons. The second kappa shape index (κ2) is 8.27. The van der Waals surface area contributed by atoms with E-state index in [1.54, 1.807) is 48.5 Å². The molecule has 0 saturated heterocycles. The van der Waals surface area contributed by atoms with Crippen molar-refractivity contribution in [3.05, 3.63) is 101 Å². The Labute approximate surface area is 157 Å². The van der Waals surface area contributed by atoms with E-state index < -0.39 is 0 Å². The van der Waals surface area contributed by atoms with Crippen molar-refractivity contribution in [3.63, 3.8) is 0 Å². The van der Waals surface area contributed by atoms with Crippen LogP contribution < -0.4 is 10.6 Å². The van der Waals surface area contributed by atoms with E-state index in [0.717, 1.165) is 11.1 Å². The quantitative estimate of drug-likeness (QED) is 0.710. The Kier molecular flexibility index (Phi) is 5.61. The molecule has 2 amide bonds. The molecule has 2 N–H and O–H groups in total. The molecule has 0 aromatic heterocycles. The molecule has 0 unspecified atom stereocenters. The van der Waals surface area contributed by atoms with Crippen molar-refractivity contribution in [1.82, 2.24) is 5.32 Å². The topological polar surface area (TPSA) is 58.2 Å². The largest absolute Gasteiger partial charge is 0.348 e. The van der Waals surface area contributed by atoms with Crippen molar-refractivity contribution in [1.29, 1.82) is 0 Å². The zero-order valence-corrected chi connectivity index (χ0v) is 14.8. The van der Waals surface area contributed by atoms with Crippen molar-refractivity contribution in [2.45, 2.75) is 13.5 Å². The molecule has 3 aromatic carbocycles. The normalized spacial score (nSPS) is 10.3. The molecule has 0 aliphatic heterocycles. The SMILES string of the molecule is Cc1ccc(C(=O)Nc2ccccc2C(=O)NCc2ccc(F)cc2)cc1. The van der Waals surface area contributed by atoms with Gasteiger partial charge in [0.1, 0.15) is 5.82 Å². The standard InChI is InChI=1S/C22H19FN2O2/c1-15-6-10-17(11-7-15)21(26)25-20-5-3-2-4-19(20)22(27)24-14-16-8-12-18(23)13-9-16/h2-13H,14H2,1H3,(H,24,27)(H,25,26). The van der Waals surface area contributed by atoms with E-state index in [0.29, 0.717) is 16.8 Å². The maximum absolute atomic E-state index is 13.0. The number of amides is 2. The maximum Gasteiger partial charge on any atom is 0.255 e. The number of carbonyl (C=O) groups excluding carboxylic acids is 2. The van der Waals surface area contributed by atoms with Gasteiger partial charge in [0.05, 0.1) is 11.3 Å². The van der Waals surface area contributed by atoms with Crippen molar-refractivity contribution in [2.75, 3.05) is 5.32 Å². The highest BCUT2D eigenvalue weighted by molar-refractivity contribution is 6.09. The van der Waals surface area contributed by atoms with Gasteiger partial charge in [0.15, 0.2) is 0 Å². The molecule has 0 radical (unpaired) electrons. The van der Waals surface area contributed by atoms with E-state index in [4.69, 9.17) is 0 Å². The van der Waals surface area contributed by atoms with Crippen LogP contribution in [0.4, 0.5) is 10.1 Å². The van der Waals surface area contributed by atoms with Gasteiger partial charge in [-0.3, -0.25) is 9.59 Å².